The number of carbonyl (C=O) groups excluding carboxylic acids is 1. The lowest BCUT2D eigenvalue weighted by atomic mass is 10.0. The molecule has 98 valence electrons. The van der Waals surface area contributed by atoms with Crippen LogP contribution in [0, 0.1) is 5.92 Å². The third-order valence-electron chi connectivity index (χ3n) is 3.58. The van der Waals surface area contributed by atoms with Gasteiger partial charge in [0.2, 0.25) is 0 Å². The number of amides is 1. The van der Waals surface area contributed by atoms with E-state index in [4.69, 9.17) is 0 Å². The Kier molecular flexibility index (Phi) is 4.78. The topological polar surface area (TPSA) is 49.3 Å². The lowest BCUT2D eigenvalue weighted by Gasteiger charge is -2.19. The van der Waals surface area contributed by atoms with E-state index in [2.05, 4.69) is 21.2 Å². The second-order valence-corrected chi connectivity index (χ2v) is 5.34. The van der Waals surface area contributed by atoms with E-state index >= 15 is 0 Å². The third-order valence-corrected chi connectivity index (χ3v) is 4.23. The van der Waals surface area contributed by atoms with Crippen LogP contribution in [0.3, 0.4) is 0 Å². The molecule has 0 aromatic heterocycles. The van der Waals surface area contributed by atoms with Crippen LogP contribution in [0.4, 0.5) is 0 Å². The van der Waals surface area contributed by atoms with Crippen molar-refractivity contribution in [1.82, 2.24) is 5.32 Å². The summed E-state index contributed by atoms with van der Waals surface area (Å²) >= 11 is 3.38. The van der Waals surface area contributed by atoms with Crippen LogP contribution in [0.15, 0.2) is 24.3 Å². The van der Waals surface area contributed by atoms with Gasteiger partial charge in [0, 0.05) is 29.5 Å². The van der Waals surface area contributed by atoms with Gasteiger partial charge in [-0.25, -0.2) is 0 Å². The number of hydrogen-bond acceptors (Lipinski definition) is 2. The molecule has 1 amide bonds. The maximum atomic E-state index is 12.1. The van der Waals surface area contributed by atoms with E-state index < -0.39 is 0 Å². The average molecular weight is 312 g/mol. The molecule has 2 atom stereocenters. The molecule has 2 unspecified atom stereocenters. The van der Waals surface area contributed by atoms with E-state index in [1.54, 1.807) is 0 Å². The van der Waals surface area contributed by atoms with Crippen molar-refractivity contribution in [2.75, 3.05) is 6.61 Å². The third kappa shape index (κ3) is 3.12. The number of aliphatic hydroxyl groups is 1. The number of benzene rings is 1. The summed E-state index contributed by atoms with van der Waals surface area (Å²) in [6.07, 6.45) is 3.05. The Morgan fingerprint density at radius 1 is 1.33 bits per heavy atom. The second-order valence-electron chi connectivity index (χ2n) is 4.78. The normalized spacial score (nSPS) is 23.0. The fourth-order valence-corrected chi connectivity index (χ4v) is 2.82. The fraction of sp³-hybridized carbons (Fsp3) is 0.500. The van der Waals surface area contributed by atoms with Crippen LogP contribution >= 0.6 is 15.9 Å². The number of carbonyl (C=O) groups is 1. The first kappa shape index (κ1) is 13.6. The molecule has 0 heterocycles. The van der Waals surface area contributed by atoms with Gasteiger partial charge in [-0.3, -0.25) is 4.79 Å². The van der Waals surface area contributed by atoms with E-state index in [9.17, 15) is 9.90 Å². The van der Waals surface area contributed by atoms with Crippen molar-refractivity contribution in [1.29, 1.82) is 0 Å². The molecule has 2 N–H and O–H groups in total. The zero-order valence-electron chi connectivity index (χ0n) is 10.2. The highest BCUT2D eigenvalue weighted by molar-refractivity contribution is 9.08. The van der Waals surface area contributed by atoms with Crippen molar-refractivity contribution >= 4 is 21.8 Å². The number of nitrogens with one attached hydrogen (secondary N) is 1. The van der Waals surface area contributed by atoms with Gasteiger partial charge >= 0.3 is 0 Å². The molecule has 1 aliphatic carbocycles. The van der Waals surface area contributed by atoms with Crippen LogP contribution in [0.2, 0.25) is 0 Å². The van der Waals surface area contributed by atoms with Crippen molar-refractivity contribution < 1.29 is 9.90 Å². The van der Waals surface area contributed by atoms with Crippen molar-refractivity contribution in [3.63, 3.8) is 0 Å². The molecule has 2 rings (SSSR count). The van der Waals surface area contributed by atoms with Gasteiger partial charge < -0.3 is 10.4 Å². The summed E-state index contributed by atoms with van der Waals surface area (Å²) < 4.78 is 0. The molecule has 4 heteroatoms. The Hall–Kier alpha value is -0.870. The van der Waals surface area contributed by atoms with E-state index in [0.717, 1.165) is 30.2 Å². The molecule has 0 saturated heterocycles. The Bertz CT molecular complexity index is 405. The first-order valence-corrected chi connectivity index (χ1v) is 7.43. The van der Waals surface area contributed by atoms with E-state index in [-0.39, 0.29) is 24.5 Å². The average Bonchev–Trinajstić information content (AvgIpc) is 2.86. The summed E-state index contributed by atoms with van der Waals surface area (Å²) in [5, 5.41) is 13.1. The van der Waals surface area contributed by atoms with Crippen LogP contribution in [0.1, 0.15) is 35.2 Å². The lowest BCUT2D eigenvalue weighted by Crippen LogP contribution is -2.38. The zero-order chi connectivity index (χ0) is 13.0. The van der Waals surface area contributed by atoms with Crippen molar-refractivity contribution in [3.05, 3.63) is 35.4 Å². The summed E-state index contributed by atoms with van der Waals surface area (Å²) in [4.78, 5) is 12.1. The van der Waals surface area contributed by atoms with Gasteiger partial charge in [0.15, 0.2) is 0 Å². The van der Waals surface area contributed by atoms with Crippen LogP contribution in [0.5, 0.6) is 0 Å². The SMILES string of the molecule is O=C(NC1CCCC1CO)c1ccc(CBr)cc1. The van der Waals surface area contributed by atoms with Gasteiger partial charge in [0.25, 0.3) is 5.91 Å². The monoisotopic (exact) mass is 311 g/mol. The lowest BCUT2D eigenvalue weighted by molar-refractivity contribution is 0.0916. The number of halogens is 1. The molecule has 18 heavy (non-hydrogen) atoms. The summed E-state index contributed by atoms with van der Waals surface area (Å²) in [5.41, 5.74) is 1.84. The Labute approximate surface area is 116 Å². The van der Waals surface area contributed by atoms with E-state index in [0.29, 0.717) is 5.56 Å². The molecule has 1 fully saturated rings. The highest BCUT2D eigenvalue weighted by Gasteiger charge is 2.27. The molecular weight excluding hydrogens is 294 g/mol. The van der Waals surface area contributed by atoms with Gasteiger partial charge in [-0.1, -0.05) is 34.5 Å². The Morgan fingerprint density at radius 2 is 2.06 bits per heavy atom. The molecule has 1 aromatic rings. The first-order chi connectivity index (χ1) is 8.74. The van der Waals surface area contributed by atoms with Gasteiger partial charge in [0.05, 0.1) is 0 Å². The predicted octanol–water partition coefficient (Wildman–Crippen LogP) is 2.47. The van der Waals surface area contributed by atoms with Crippen molar-refractivity contribution in [2.24, 2.45) is 5.92 Å². The minimum absolute atomic E-state index is 0.0403. The number of aliphatic hydroxyl groups excluding tert-OH is 1. The molecule has 1 saturated carbocycles. The van der Waals surface area contributed by atoms with Gasteiger partial charge in [-0.15, -0.1) is 0 Å². The molecule has 1 aliphatic rings. The number of hydrogen-bond donors (Lipinski definition) is 2. The zero-order valence-corrected chi connectivity index (χ0v) is 11.8. The summed E-state index contributed by atoms with van der Waals surface area (Å²) in [6.45, 7) is 0.160. The summed E-state index contributed by atoms with van der Waals surface area (Å²) in [5.74, 6) is 0.178. The fourth-order valence-electron chi connectivity index (χ4n) is 2.44. The first-order valence-electron chi connectivity index (χ1n) is 6.31. The smallest absolute Gasteiger partial charge is 0.251 e. The highest BCUT2D eigenvalue weighted by Crippen LogP contribution is 2.25. The number of alkyl halides is 1. The van der Waals surface area contributed by atoms with Crippen molar-refractivity contribution in [3.8, 4) is 0 Å². The Morgan fingerprint density at radius 3 is 2.67 bits per heavy atom. The van der Waals surface area contributed by atoms with E-state index in [1.807, 2.05) is 24.3 Å². The standard InChI is InChI=1S/C14H18BrNO2/c15-8-10-4-6-11(7-5-10)14(18)16-13-3-1-2-12(13)9-17/h4-7,12-13,17H,1-3,8-9H2,(H,16,18). The van der Waals surface area contributed by atoms with E-state index in [1.165, 1.54) is 0 Å². The van der Waals surface area contributed by atoms with Gasteiger partial charge in [-0.2, -0.15) is 0 Å². The number of rotatable bonds is 4. The molecule has 1 aromatic carbocycles. The van der Waals surface area contributed by atoms with Crippen LogP contribution in [0.25, 0.3) is 0 Å². The summed E-state index contributed by atoms with van der Waals surface area (Å²) in [6, 6.07) is 7.70. The second kappa shape index (κ2) is 6.34. The largest absolute Gasteiger partial charge is 0.396 e. The molecule has 3 nitrogen and oxygen atoms in total. The van der Waals surface area contributed by atoms with Gasteiger partial charge in [-0.05, 0) is 30.5 Å². The molecule has 0 radical (unpaired) electrons. The molecule has 0 spiro atoms. The Balaban J connectivity index is 1.98. The summed E-state index contributed by atoms with van der Waals surface area (Å²) in [7, 11) is 0. The molecule has 0 bridgehead atoms. The highest BCUT2D eigenvalue weighted by atomic mass is 79.9. The minimum atomic E-state index is -0.0403. The minimum Gasteiger partial charge on any atom is -0.396 e. The maximum Gasteiger partial charge on any atom is 0.251 e. The maximum absolute atomic E-state index is 12.1. The predicted molar refractivity (Wildman–Crippen MR) is 74.8 cm³/mol. The van der Waals surface area contributed by atoms with Crippen LogP contribution in [-0.4, -0.2) is 23.7 Å². The van der Waals surface area contributed by atoms with Crippen molar-refractivity contribution in [2.45, 2.75) is 30.6 Å². The van der Waals surface area contributed by atoms with Crippen LogP contribution in [-0.2, 0) is 5.33 Å². The van der Waals surface area contributed by atoms with Crippen LogP contribution < -0.4 is 5.32 Å². The quantitative estimate of drug-likeness (QED) is 0.839. The molecule has 0 aliphatic heterocycles. The van der Waals surface area contributed by atoms with Gasteiger partial charge in [0.1, 0.15) is 0 Å². The molecular formula is C14H18BrNO2.